The van der Waals surface area contributed by atoms with E-state index in [-0.39, 0.29) is 12.0 Å². The summed E-state index contributed by atoms with van der Waals surface area (Å²) in [6.45, 7) is 0. The van der Waals surface area contributed by atoms with Crippen LogP contribution in [0.25, 0.3) is 0 Å². The lowest BCUT2D eigenvalue weighted by Crippen LogP contribution is -2.30. The second-order valence-electron chi connectivity index (χ2n) is 4.30. The lowest BCUT2D eigenvalue weighted by molar-refractivity contribution is 0.460. The molecule has 0 aromatic heterocycles. The monoisotopic (exact) mass is 344 g/mol. The first-order valence-electron chi connectivity index (χ1n) is 5.87. The van der Waals surface area contributed by atoms with Crippen LogP contribution >= 0.6 is 15.9 Å². The molecule has 1 atom stereocenters. The summed E-state index contributed by atoms with van der Waals surface area (Å²) in [5, 5.41) is 0. The highest BCUT2D eigenvalue weighted by Gasteiger charge is 2.19. The van der Waals surface area contributed by atoms with E-state index in [2.05, 4.69) is 21.4 Å². The Morgan fingerprint density at radius 2 is 1.85 bits per heavy atom. The van der Waals surface area contributed by atoms with Crippen LogP contribution in [-0.4, -0.2) is 0 Å². The van der Waals surface area contributed by atoms with Gasteiger partial charge in [0.25, 0.3) is 0 Å². The normalized spacial score (nSPS) is 12.4. The molecular weight excluding hydrogens is 333 g/mol. The van der Waals surface area contributed by atoms with Gasteiger partial charge in [0.05, 0.1) is 6.04 Å². The fourth-order valence-electron chi connectivity index (χ4n) is 1.96. The molecule has 0 aliphatic carbocycles. The molecule has 20 heavy (non-hydrogen) atoms. The smallest absolute Gasteiger partial charge is 0.163 e. The standard InChI is InChI=1S/C14H12BrF3N2/c15-9-5-4-8(12(17)7-9)6-13(20-19)10-2-1-3-11(16)14(10)18/h1-5,7,13,20H,6,19H2. The van der Waals surface area contributed by atoms with Crippen LogP contribution in [-0.2, 0) is 6.42 Å². The minimum atomic E-state index is -0.979. The number of hydrazine groups is 1. The minimum absolute atomic E-state index is 0.0646. The minimum Gasteiger partial charge on any atom is -0.271 e. The van der Waals surface area contributed by atoms with Crippen LogP contribution < -0.4 is 11.3 Å². The van der Waals surface area contributed by atoms with Gasteiger partial charge in [0, 0.05) is 10.0 Å². The molecule has 1 unspecified atom stereocenters. The van der Waals surface area contributed by atoms with E-state index >= 15 is 0 Å². The van der Waals surface area contributed by atoms with E-state index in [9.17, 15) is 13.2 Å². The van der Waals surface area contributed by atoms with Crippen LogP contribution in [0.15, 0.2) is 40.9 Å². The third-order valence-electron chi connectivity index (χ3n) is 3.00. The first kappa shape index (κ1) is 15.0. The number of benzene rings is 2. The average Bonchev–Trinajstić information content (AvgIpc) is 2.42. The molecule has 0 aliphatic heterocycles. The largest absolute Gasteiger partial charge is 0.271 e. The van der Waals surface area contributed by atoms with Gasteiger partial charge >= 0.3 is 0 Å². The Balaban J connectivity index is 2.31. The number of rotatable bonds is 4. The maximum atomic E-state index is 13.8. The molecule has 2 aromatic rings. The molecule has 3 N–H and O–H groups in total. The van der Waals surface area contributed by atoms with Crippen LogP contribution in [0, 0.1) is 17.5 Å². The van der Waals surface area contributed by atoms with E-state index in [0.29, 0.717) is 10.0 Å². The van der Waals surface area contributed by atoms with Crippen molar-refractivity contribution in [2.24, 2.45) is 5.84 Å². The number of halogens is 4. The van der Waals surface area contributed by atoms with Crippen molar-refractivity contribution >= 4 is 15.9 Å². The molecule has 0 bridgehead atoms. The highest BCUT2D eigenvalue weighted by Crippen LogP contribution is 2.24. The van der Waals surface area contributed by atoms with Crippen molar-refractivity contribution in [1.82, 2.24) is 5.43 Å². The number of nitrogens with one attached hydrogen (secondary N) is 1. The predicted octanol–water partition coefficient (Wildman–Crippen LogP) is 3.61. The summed E-state index contributed by atoms with van der Waals surface area (Å²) in [6, 6.07) is 7.66. The molecule has 0 radical (unpaired) electrons. The van der Waals surface area contributed by atoms with Gasteiger partial charge in [-0.25, -0.2) is 13.2 Å². The molecule has 2 nitrogen and oxygen atoms in total. The second-order valence-corrected chi connectivity index (χ2v) is 5.22. The van der Waals surface area contributed by atoms with Gasteiger partial charge in [-0.05, 0) is 30.2 Å². The van der Waals surface area contributed by atoms with Gasteiger partial charge in [0.15, 0.2) is 11.6 Å². The third-order valence-corrected chi connectivity index (χ3v) is 3.49. The molecule has 0 heterocycles. The topological polar surface area (TPSA) is 38.0 Å². The SMILES string of the molecule is NNC(Cc1ccc(Br)cc1F)c1cccc(F)c1F. The highest BCUT2D eigenvalue weighted by molar-refractivity contribution is 9.10. The molecule has 2 aromatic carbocycles. The zero-order valence-corrected chi connectivity index (χ0v) is 11.9. The lowest BCUT2D eigenvalue weighted by Gasteiger charge is -2.17. The van der Waals surface area contributed by atoms with E-state index in [4.69, 9.17) is 5.84 Å². The summed E-state index contributed by atoms with van der Waals surface area (Å²) >= 11 is 3.16. The van der Waals surface area contributed by atoms with Crippen LogP contribution in [0.2, 0.25) is 0 Å². The van der Waals surface area contributed by atoms with Gasteiger partial charge in [-0.3, -0.25) is 11.3 Å². The fourth-order valence-corrected chi connectivity index (χ4v) is 2.29. The number of hydrogen-bond donors (Lipinski definition) is 2. The lowest BCUT2D eigenvalue weighted by atomic mass is 9.98. The summed E-state index contributed by atoms with van der Waals surface area (Å²) < 4.78 is 41.3. The maximum absolute atomic E-state index is 13.8. The van der Waals surface area contributed by atoms with E-state index in [1.165, 1.54) is 18.2 Å². The molecular formula is C14H12BrF3N2. The predicted molar refractivity (Wildman–Crippen MR) is 74.2 cm³/mol. The van der Waals surface area contributed by atoms with Crippen LogP contribution in [0.3, 0.4) is 0 Å². The maximum Gasteiger partial charge on any atom is 0.163 e. The van der Waals surface area contributed by atoms with Gasteiger partial charge in [0.2, 0.25) is 0 Å². The van der Waals surface area contributed by atoms with Crippen molar-refractivity contribution < 1.29 is 13.2 Å². The number of hydrogen-bond acceptors (Lipinski definition) is 2. The van der Waals surface area contributed by atoms with Crippen molar-refractivity contribution in [2.45, 2.75) is 12.5 Å². The van der Waals surface area contributed by atoms with Crippen molar-refractivity contribution in [3.8, 4) is 0 Å². The fraction of sp³-hybridized carbons (Fsp3) is 0.143. The molecule has 0 fully saturated rings. The van der Waals surface area contributed by atoms with Crippen LogP contribution in [0.1, 0.15) is 17.2 Å². The average molecular weight is 345 g/mol. The summed E-state index contributed by atoms with van der Waals surface area (Å²) in [7, 11) is 0. The summed E-state index contributed by atoms with van der Waals surface area (Å²) in [5.74, 6) is 3.01. The molecule has 0 amide bonds. The molecule has 0 saturated carbocycles. The molecule has 0 spiro atoms. The Morgan fingerprint density at radius 3 is 2.50 bits per heavy atom. The van der Waals surface area contributed by atoms with Crippen LogP contribution in [0.4, 0.5) is 13.2 Å². The summed E-state index contributed by atoms with van der Waals surface area (Å²) in [6.07, 6.45) is 0.107. The molecule has 0 aliphatic rings. The zero-order chi connectivity index (χ0) is 14.7. The zero-order valence-electron chi connectivity index (χ0n) is 10.3. The van der Waals surface area contributed by atoms with Gasteiger partial charge in [-0.2, -0.15) is 0 Å². The summed E-state index contributed by atoms with van der Waals surface area (Å²) in [5.41, 5.74) is 2.82. The Kier molecular flexibility index (Phi) is 4.80. The van der Waals surface area contributed by atoms with Crippen molar-refractivity contribution in [1.29, 1.82) is 0 Å². The Bertz CT molecular complexity index is 619. The van der Waals surface area contributed by atoms with E-state index in [1.807, 2.05) is 0 Å². The van der Waals surface area contributed by atoms with Crippen molar-refractivity contribution in [3.63, 3.8) is 0 Å². The Morgan fingerprint density at radius 1 is 1.10 bits per heavy atom. The Labute approximate surface area is 122 Å². The van der Waals surface area contributed by atoms with E-state index in [0.717, 1.165) is 6.07 Å². The molecule has 0 saturated heterocycles. The third kappa shape index (κ3) is 3.20. The van der Waals surface area contributed by atoms with Gasteiger partial charge < -0.3 is 0 Å². The number of nitrogens with two attached hydrogens (primary N) is 1. The summed E-state index contributed by atoms with van der Waals surface area (Å²) in [4.78, 5) is 0. The molecule has 2 rings (SSSR count). The molecule has 106 valence electrons. The first-order chi connectivity index (χ1) is 9.52. The van der Waals surface area contributed by atoms with Gasteiger partial charge in [-0.1, -0.05) is 34.1 Å². The van der Waals surface area contributed by atoms with Crippen molar-refractivity contribution in [2.75, 3.05) is 0 Å². The first-order valence-corrected chi connectivity index (χ1v) is 6.66. The van der Waals surface area contributed by atoms with Gasteiger partial charge in [0.1, 0.15) is 5.82 Å². The molecule has 6 heteroatoms. The quantitative estimate of drug-likeness (QED) is 0.656. The van der Waals surface area contributed by atoms with Crippen LogP contribution in [0.5, 0.6) is 0 Å². The Hall–Kier alpha value is -1.37. The van der Waals surface area contributed by atoms with E-state index < -0.39 is 23.5 Å². The van der Waals surface area contributed by atoms with E-state index in [1.54, 1.807) is 12.1 Å². The van der Waals surface area contributed by atoms with Crippen molar-refractivity contribution in [3.05, 3.63) is 69.4 Å². The highest BCUT2D eigenvalue weighted by atomic mass is 79.9. The second kappa shape index (κ2) is 6.39. The van der Waals surface area contributed by atoms with Gasteiger partial charge in [-0.15, -0.1) is 0 Å².